The average Bonchev–Trinajstić information content (AvgIpc) is 2.88. The maximum absolute atomic E-state index is 13.1. The molecule has 4 heteroatoms. The third-order valence-electron chi connectivity index (χ3n) is 5.16. The summed E-state index contributed by atoms with van der Waals surface area (Å²) in [5.74, 6) is -0.0373. The molecular weight excluding hydrogens is 288 g/mol. The van der Waals surface area contributed by atoms with E-state index >= 15 is 0 Å². The number of nitrogens with zero attached hydrogens (tertiary/aromatic N) is 2. The highest BCUT2D eigenvalue weighted by Crippen LogP contribution is 2.41. The number of carbonyl (C=O) groups is 1. The van der Waals surface area contributed by atoms with Gasteiger partial charge >= 0.3 is 0 Å². The van der Waals surface area contributed by atoms with Crippen LogP contribution >= 0.6 is 0 Å². The molecule has 116 valence electrons. The summed E-state index contributed by atoms with van der Waals surface area (Å²) in [7, 11) is 0. The zero-order chi connectivity index (χ0) is 16.0. The third-order valence-corrected chi connectivity index (χ3v) is 5.16. The van der Waals surface area contributed by atoms with Crippen molar-refractivity contribution in [3.63, 3.8) is 0 Å². The molecule has 1 aliphatic carbocycles. The number of aliphatic hydroxyl groups excluding tert-OH is 1. The van der Waals surface area contributed by atoms with Gasteiger partial charge in [0, 0.05) is 11.6 Å². The Morgan fingerprint density at radius 2 is 1.83 bits per heavy atom. The molecule has 1 unspecified atom stereocenters. The van der Waals surface area contributed by atoms with Gasteiger partial charge in [0.1, 0.15) is 6.04 Å². The Kier molecular flexibility index (Phi) is 3.32. The van der Waals surface area contributed by atoms with Crippen molar-refractivity contribution in [2.24, 2.45) is 0 Å². The number of fused-ring (bicyclic) bond motifs is 3. The van der Waals surface area contributed by atoms with Gasteiger partial charge in [0.05, 0.1) is 17.7 Å². The van der Waals surface area contributed by atoms with Crippen LogP contribution in [-0.4, -0.2) is 28.1 Å². The lowest BCUT2D eigenvalue weighted by atomic mass is 9.91. The van der Waals surface area contributed by atoms with E-state index in [-0.39, 0.29) is 18.1 Å². The Labute approximate surface area is 134 Å². The topological polar surface area (TPSA) is 64.3 Å². The first-order valence-corrected chi connectivity index (χ1v) is 8.12. The van der Waals surface area contributed by atoms with Gasteiger partial charge in [-0.15, -0.1) is 0 Å². The standard InChI is InChI=1S/C19H18N2O2/c20-11-17-16-10-5-12-3-1-2-4-15(12)18(16)19(23)21(17)13-6-8-14(22)9-7-13/h1-5,10,13-14,17,22H,6-9H2. The molecule has 1 saturated carbocycles. The summed E-state index contributed by atoms with van der Waals surface area (Å²) in [4.78, 5) is 14.8. The van der Waals surface area contributed by atoms with Crippen LogP contribution in [-0.2, 0) is 0 Å². The van der Waals surface area contributed by atoms with Gasteiger partial charge in [-0.3, -0.25) is 4.79 Å². The molecule has 1 atom stereocenters. The molecule has 1 aliphatic heterocycles. The summed E-state index contributed by atoms with van der Waals surface area (Å²) in [5, 5.41) is 21.3. The Morgan fingerprint density at radius 1 is 1.09 bits per heavy atom. The molecule has 4 nitrogen and oxygen atoms in total. The first kappa shape index (κ1) is 14.2. The molecule has 0 spiro atoms. The summed E-state index contributed by atoms with van der Waals surface area (Å²) < 4.78 is 0. The van der Waals surface area contributed by atoms with Gasteiger partial charge in [-0.05, 0) is 36.5 Å². The Bertz CT molecular complexity index is 816. The number of rotatable bonds is 1. The monoisotopic (exact) mass is 306 g/mol. The Morgan fingerprint density at radius 3 is 2.57 bits per heavy atom. The number of amides is 1. The fourth-order valence-electron chi connectivity index (χ4n) is 4.00. The second-order valence-corrected chi connectivity index (χ2v) is 6.46. The van der Waals surface area contributed by atoms with Crippen molar-refractivity contribution in [3.8, 4) is 6.07 Å². The quantitative estimate of drug-likeness (QED) is 0.880. The highest BCUT2D eigenvalue weighted by Gasteiger charge is 2.42. The second kappa shape index (κ2) is 5.36. The van der Waals surface area contributed by atoms with Gasteiger partial charge < -0.3 is 10.0 Å². The fraction of sp³-hybridized carbons (Fsp3) is 0.368. The minimum Gasteiger partial charge on any atom is -0.393 e. The molecule has 2 aliphatic rings. The normalized spacial score (nSPS) is 27.0. The third kappa shape index (κ3) is 2.12. The minimum atomic E-state index is -0.512. The zero-order valence-electron chi connectivity index (χ0n) is 12.8. The highest BCUT2D eigenvalue weighted by atomic mass is 16.3. The molecular formula is C19H18N2O2. The number of hydrogen-bond acceptors (Lipinski definition) is 3. The first-order chi connectivity index (χ1) is 11.2. The molecule has 2 aromatic rings. The Hall–Kier alpha value is -2.38. The van der Waals surface area contributed by atoms with E-state index in [1.165, 1.54) is 0 Å². The van der Waals surface area contributed by atoms with Crippen LogP contribution in [0.5, 0.6) is 0 Å². The van der Waals surface area contributed by atoms with E-state index in [1.807, 2.05) is 36.4 Å². The maximum Gasteiger partial charge on any atom is 0.256 e. The minimum absolute atomic E-state index is 0.0373. The second-order valence-electron chi connectivity index (χ2n) is 6.46. The SMILES string of the molecule is N#CC1c2ccc3ccccc3c2C(=O)N1C1CCC(O)CC1. The number of hydrogen-bond donors (Lipinski definition) is 1. The van der Waals surface area contributed by atoms with Crippen molar-refractivity contribution in [3.05, 3.63) is 47.5 Å². The summed E-state index contributed by atoms with van der Waals surface area (Å²) in [6.45, 7) is 0. The average molecular weight is 306 g/mol. The van der Waals surface area contributed by atoms with Crippen molar-refractivity contribution < 1.29 is 9.90 Å². The van der Waals surface area contributed by atoms with Gasteiger partial charge in [-0.25, -0.2) is 0 Å². The van der Waals surface area contributed by atoms with Gasteiger partial charge in [0.15, 0.2) is 0 Å². The van der Waals surface area contributed by atoms with Crippen LogP contribution in [0.4, 0.5) is 0 Å². The molecule has 1 N–H and O–H groups in total. The summed E-state index contributed by atoms with van der Waals surface area (Å²) in [6.07, 6.45) is 2.65. The molecule has 0 saturated heterocycles. The van der Waals surface area contributed by atoms with E-state index in [0.717, 1.165) is 29.2 Å². The van der Waals surface area contributed by atoms with Gasteiger partial charge in [-0.2, -0.15) is 5.26 Å². The molecule has 0 bridgehead atoms. The van der Waals surface area contributed by atoms with Gasteiger partial charge in [0.2, 0.25) is 0 Å². The highest BCUT2D eigenvalue weighted by molar-refractivity contribution is 6.11. The number of carbonyl (C=O) groups excluding carboxylic acids is 1. The van der Waals surface area contributed by atoms with Crippen LogP contribution in [0.1, 0.15) is 47.6 Å². The van der Waals surface area contributed by atoms with Crippen LogP contribution in [0.3, 0.4) is 0 Å². The molecule has 1 heterocycles. The smallest absolute Gasteiger partial charge is 0.256 e. The van der Waals surface area contributed by atoms with Gasteiger partial charge in [0.25, 0.3) is 5.91 Å². The van der Waals surface area contributed by atoms with E-state index in [9.17, 15) is 15.2 Å². The molecule has 1 amide bonds. The van der Waals surface area contributed by atoms with Crippen molar-refractivity contribution in [1.29, 1.82) is 5.26 Å². The van der Waals surface area contributed by atoms with Crippen molar-refractivity contribution in [2.45, 2.75) is 43.9 Å². The van der Waals surface area contributed by atoms with Gasteiger partial charge in [-0.1, -0.05) is 36.4 Å². The first-order valence-electron chi connectivity index (χ1n) is 8.12. The van der Waals surface area contributed by atoms with E-state index in [0.29, 0.717) is 18.4 Å². The summed E-state index contributed by atoms with van der Waals surface area (Å²) in [6, 6.07) is 13.6. The molecule has 4 rings (SSSR count). The van der Waals surface area contributed by atoms with Crippen molar-refractivity contribution in [1.82, 2.24) is 4.90 Å². The predicted molar refractivity (Wildman–Crippen MR) is 86.7 cm³/mol. The van der Waals surface area contributed by atoms with E-state index < -0.39 is 6.04 Å². The molecule has 0 aromatic heterocycles. The lowest BCUT2D eigenvalue weighted by molar-refractivity contribution is 0.0480. The van der Waals surface area contributed by atoms with Crippen LogP contribution < -0.4 is 0 Å². The largest absolute Gasteiger partial charge is 0.393 e. The lowest BCUT2D eigenvalue weighted by Gasteiger charge is -2.34. The molecule has 2 aromatic carbocycles. The predicted octanol–water partition coefficient (Wildman–Crippen LogP) is 3.16. The number of nitriles is 1. The van der Waals surface area contributed by atoms with Crippen molar-refractivity contribution >= 4 is 16.7 Å². The van der Waals surface area contributed by atoms with Crippen LogP contribution in [0.15, 0.2) is 36.4 Å². The summed E-state index contributed by atoms with van der Waals surface area (Å²) >= 11 is 0. The molecule has 0 radical (unpaired) electrons. The lowest BCUT2D eigenvalue weighted by Crippen LogP contribution is -2.41. The Balaban J connectivity index is 1.80. The van der Waals surface area contributed by atoms with E-state index in [1.54, 1.807) is 4.90 Å². The van der Waals surface area contributed by atoms with Crippen LogP contribution in [0, 0.1) is 11.3 Å². The van der Waals surface area contributed by atoms with E-state index in [2.05, 4.69) is 6.07 Å². The molecule has 23 heavy (non-hydrogen) atoms. The zero-order valence-corrected chi connectivity index (χ0v) is 12.8. The van der Waals surface area contributed by atoms with Crippen LogP contribution in [0.2, 0.25) is 0 Å². The summed E-state index contributed by atoms with van der Waals surface area (Å²) in [5.41, 5.74) is 1.50. The van der Waals surface area contributed by atoms with Crippen LogP contribution in [0.25, 0.3) is 10.8 Å². The molecule has 1 fully saturated rings. The number of aliphatic hydroxyl groups is 1. The van der Waals surface area contributed by atoms with Crippen molar-refractivity contribution in [2.75, 3.05) is 0 Å². The number of benzene rings is 2. The maximum atomic E-state index is 13.1. The van der Waals surface area contributed by atoms with E-state index in [4.69, 9.17) is 0 Å². The fourth-order valence-corrected chi connectivity index (χ4v) is 4.00.